The van der Waals surface area contributed by atoms with Crippen LogP contribution in [0.1, 0.15) is 11.3 Å². The lowest BCUT2D eigenvalue weighted by Crippen LogP contribution is -2.27. The molecule has 94 valence electrons. The van der Waals surface area contributed by atoms with Crippen LogP contribution in [-0.4, -0.2) is 27.6 Å². The van der Waals surface area contributed by atoms with Crippen LogP contribution in [0.2, 0.25) is 0 Å². The first-order valence-corrected chi connectivity index (χ1v) is 5.91. The van der Waals surface area contributed by atoms with Crippen molar-refractivity contribution < 1.29 is 4.79 Å². The summed E-state index contributed by atoms with van der Waals surface area (Å²) in [4.78, 5) is 13.7. The van der Waals surface area contributed by atoms with E-state index >= 15 is 0 Å². The zero-order chi connectivity index (χ0) is 13.0. The number of rotatable bonds is 4. The highest BCUT2D eigenvalue weighted by atomic mass is 16.2. The van der Waals surface area contributed by atoms with Crippen LogP contribution in [0.25, 0.3) is 0 Å². The molecule has 0 spiro atoms. The molecule has 4 nitrogen and oxygen atoms in total. The van der Waals surface area contributed by atoms with Crippen molar-refractivity contribution in [3.63, 3.8) is 0 Å². The number of aromatic nitrogens is 2. The highest BCUT2D eigenvalue weighted by molar-refractivity contribution is 5.78. The molecule has 0 atom stereocenters. The number of hydrogen-bond donors (Lipinski definition) is 0. The first-order chi connectivity index (χ1) is 8.65. The molecule has 1 aromatic heterocycles. The minimum atomic E-state index is 0.104. The van der Waals surface area contributed by atoms with Gasteiger partial charge in [-0.1, -0.05) is 30.3 Å². The molecule has 0 N–H and O–H groups in total. The van der Waals surface area contributed by atoms with Crippen molar-refractivity contribution in [2.45, 2.75) is 13.0 Å². The molecule has 0 saturated heterocycles. The van der Waals surface area contributed by atoms with Crippen LogP contribution in [-0.2, 0) is 24.8 Å². The van der Waals surface area contributed by atoms with E-state index in [2.05, 4.69) is 5.10 Å². The van der Waals surface area contributed by atoms with E-state index in [1.807, 2.05) is 49.6 Å². The van der Waals surface area contributed by atoms with Gasteiger partial charge in [-0.2, -0.15) is 5.10 Å². The zero-order valence-corrected chi connectivity index (χ0v) is 10.7. The number of carbonyl (C=O) groups excluding carboxylic acids is 1. The summed E-state index contributed by atoms with van der Waals surface area (Å²) in [5.41, 5.74) is 1.94. The third-order valence-corrected chi connectivity index (χ3v) is 2.79. The predicted molar refractivity (Wildman–Crippen MR) is 69.8 cm³/mol. The van der Waals surface area contributed by atoms with Gasteiger partial charge in [0.1, 0.15) is 0 Å². The SMILES string of the molecule is CN(Cc1ccn(C)n1)C(=O)Cc1ccccc1. The van der Waals surface area contributed by atoms with E-state index in [-0.39, 0.29) is 5.91 Å². The molecule has 1 aromatic carbocycles. The number of nitrogens with zero attached hydrogens (tertiary/aromatic N) is 3. The van der Waals surface area contributed by atoms with Crippen LogP contribution in [0.5, 0.6) is 0 Å². The largest absolute Gasteiger partial charge is 0.339 e. The van der Waals surface area contributed by atoms with Gasteiger partial charge in [-0.25, -0.2) is 0 Å². The van der Waals surface area contributed by atoms with Crippen molar-refractivity contribution >= 4 is 5.91 Å². The van der Waals surface area contributed by atoms with Gasteiger partial charge in [0.05, 0.1) is 18.7 Å². The van der Waals surface area contributed by atoms with Crippen LogP contribution < -0.4 is 0 Å². The Morgan fingerprint density at radius 3 is 2.61 bits per heavy atom. The Morgan fingerprint density at radius 2 is 2.00 bits per heavy atom. The van der Waals surface area contributed by atoms with Crippen molar-refractivity contribution in [1.82, 2.24) is 14.7 Å². The lowest BCUT2D eigenvalue weighted by atomic mass is 10.1. The molecule has 0 aliphatic rings. The molecule has 0 unspecified atom stereocenters. The summed E-state index contributed by atoms with van der Waals surface area (Å²) in [5, 5.41) is 4.26. The summed E-state index contributed by atoms with van der Waals surface area (Å²) in [5.74, 6) is 0.104. The van der Waals surface area contributed by atoms with Crippen molar-refractivity contribution in [3.05, 3.63) is 53.9 Å². The quantitative estimate of drug-likeness (QED) is 0.818. The monoisotopic (exact) mass is 243 g/mol. The van der Waals surface area contributed by atoms with Crippen molar-refractivity contribution in [3.8, 4) is 0 Å². The van der Waals surface area contributed by atoms with Gasteiger partial charge in [-0.05, 0) is 11.6 Å². The van der Waals surface area contributed by atoms with E-state index in [9.17, 15) is 4.79 Å². The van der Waals surface area contributed by atoms with Gasteiger partial charge in [0.2, 0.25) is 5.91 Å². The van der Waals surface area contributed by atoms with E-state index < -0.39 is 0 Å². The summed E-state index contributed by atoms with van der Waals surface area (Å²) in [6, 6.07) is 11.7. The summed E-state index contributed by atoms with van der Waals surface area (Å²) in [6.07, 6.45) is 2.31. The first kappa shape index (κ1) is 12.4. The molecule has 18 heavy (non-hydrogen) atoms. The molecule has 0 saturated carbocycles. The molecular formula is C14H17N3O. The Bertz CT molecular complexity index is 519. The summed E-state index contributed by atoms with van der Waals surface area (Å²) in [7, 11) is 3.68. The molecule has 0 aliphatic heterocycles. The maximum Gasteiger partial charge on any atom is 0.227 e. The van der Waals surface area contributed by atoms with Crippen LogP contribution in [0.3, 0.4) is 0 Å². The van der Waals surface area contributed by atoms with Gasteiger partial charge in [0.15, 0.2) is 0 Å². The molecule has 2 rings (SSSR count). The Labute approximate surface area is 107 Å². The highest BCUT2D eigenvalue weighted by Gasteiger charge is 2.11. The summed E-state index contributed by atoms with van der Waals surface area (Å²) >= 11 is 0. The molecule has 1 heterocycles. The topological polar surface area (TPSA) is 38.1 Å². The molecule has 1 amide bonds. The average Bonchev–Trinajstić information content (AvgIpc) is 2.76. The maximum absolute atomic E-state index is 12.0. The van der Waals surface area contributed by atoms with Gasteiger partial charge in [0, 0.05) is 20.3 Å². The van der Waals surface area contributed by atoms with Gasteiger partial charge in [-0.15, -0.1) is 0 Å². The van der Waals surface area contributed by atoms with E-state index in [0.717, 1.165) is 11.3 Å². The van der Waals surface area contributed by atoms with Gasteiger partial charge >= 0.3 is 0 Å². The van der Waals surface area contributed by atoms with E-state index in [0.29, 0.717) is 13.0 Å². The molecule has 0 bridgehead atoms. The standard InChI is InChI=1S/C14H17N3O/c1-16(11-13-8-9-17(2)15-13)14(18)10-12-6-4-3-5-7-12/h3-9H,10-11H2,1-2H3. The second-order valence-electron chi connectivity index (χ2n) is 4.39. The second-order valence-corrected chi connectivity index (χ2v) is 4.39. The number of carbonyl (C=O) groups is 1. The lowest BCUT2D eigenvalue weighted by molar-refractivity contribution is -0.129. The summed E-state index contributed by atoms with van der Waals surface area (Å²) in [6.45, 7) is 0.548. The number of likely N-dealkylation sites (N-methyl/N-ethyl adjacent to an activating group) is 1. The van der Waals surface area contributed by atoms with Crippen molar-refractivity contribution in [2.24, 2.45) is 7.05 Å². The fourth-order valence-corrected chi connectivity index (χ4v) is 1.78. The highest BCUT2D eigenvalue weighted by Crippen LogP contribution is 2.05. The third kappa shape index (κ3) is 3.20. The molecular weight excluding hydrogens is 226 g/mol. The number of hydrogen-bond acceptors (Lipinski definition) is 2. The van der Waals surface area contributed by atoms with Crippen LogP contribution in [0.15, 0.2) is 42.6 Å². The lowest BCUT2D eigenvalue weighted by Gasteiger charge is -2.15. The molecule has 2 aromatic rings. The Morgan fingerprint density at radius 1 is 1.28 bits per heavy atom. The van der Waals surface area contributed by atoms with Crippen molar-refractivity contribution in [2.75, 3.05) is 7.05 Å². The minimum Gasteiger partial charge on any atom is -0.339 e. The maximum atomic E-state index is 12.0. The third-order valence-electron chi connectivity index (χ3n) is 2.79. The van der Waals surface area contributed by atoms with E-state index in [1.54, 1.807) is 16.6 Å². The van der Waals surface area contributed by atoms with Crippen LogP contribution in [0, 0.1) is 0 Å². The van der Waals surface area contributed by atoms with Gasteiger partial charge in [-0.3, -0.25) is 9.48 Å². The molecule has 4 heteroatoms. The van der Waals surface area contributed by atoms with Gasteiger partial charge in [0.25, 0.3) is 0 Å². The van der Waals surface area contributed by atoms with E-state index in [4.69, 9.17) is 0 Å². The smallest absolute Gasteiger partial charge is 0.227 e. The average molecular weight is 243 g/mol. The second kappa shape index (κ2) is 5.49. The Kier molecular flexibility index (Phi) is 3.77. The van der Waals surface area contributed by atoms with Crippen LogP contribution in [0.4, 0.5) is 0 Å². The number of amides is 1. The molecule has 0 radical (unpaired) electrons. The first-order valence-electron chi connectivity index (χ1n) is 5.91. The summed E-state index contributed by atoms with van der Waals surface area (Å²) < 4.78 is 1.74. The zero-order valence-electron chi connectivity index (χ0n) is 10.7. The van der Waals surface area contributed by atoms with Crippen LogP contribution >= 0.6 is 0 Å². The van der Waals surface area contributed by atoms with E-state index in [1.165, 1.54) is 0 Å². The van der Waals surface area contributed by atoms with Crippen molar-refractivity contribution in [1.29, 1.82) is 0 Å². The number of aryl methyl sites for hydroxylation is 1. The number of benzene rings is 1. The van der Waals surface area contributed by atoms with Gasteiger partial charge < -0.3 is 4.90 Å². The Balaban J connectivity index is 1.93. The Hall–Kier alpha value is -2.10. The minimum absolute atomic E-state index is 0.104. The predicted octanol–water partition coefficient (Wildman–Crippen LogP) is 1.62. The fraction of sp³-hybridized carbons (Fsp3) is 0.286. The normalized spacial score (nSPS) is 10.3. The fourth-order valence-electron chi connectivity index (χ4n) is 1.78. The molecule has 0 fully saturated rings. The molecule has 0 aliphatic carbocycles.